The molecule has 0 aliphatic heterocycles. The summed E-state index contributed by atoms with van der Waals surface area (Å²) in [5.74, 6) is 1.61. The van der Waals surface area contributed by atoms with Crippen molar-refractivity contribution < 1.29 is 5.11 Å². The van der Waals surface area contributed by atoms with Gasteiger partial charge < -0.3 is 15.0 Å². The number of nitrogens with zero attached hydrogens (tertiary/aromatic N) is 2. The first kappa shape index (κ1) is 12.2. The monoisotopic (exact) mass is 211 g/mol. The maximum atomic E-state index is 8.85. The number of nitrogens with one attached hydrogen (secondary N) is 1. The predicted octanol–water partition coefficient (Wildman–Crippen LogP) is 0.918. The molecule has 1 unspecified atom stereocenters. The average molecular weight is 211 g/mol. The number of aryl methyl sites for hydroxylation is 1. The summed E-state index contributed by atoms with van der Waals surface area (Å²) in [6.45, 7) is 4.18. The Morgan fingerprint density at radius 1 is 1.60 bits per heavy atom. The van der Waals surface area contributed by atoms with Crippen molar-refractivity contribution in [2.75, 3.05) is 13.2 Å². The van der Waals surface area contributed by atoms with Crippen molar-refractivity contribution >= 4 is 0 Å². The quantitative estimate of drug-likeness (QED) is 0.705. The number of aliphatic hydroxyl groups excluding tert-OH is 1. The van der Waals surface area contributed by atoms with Crippen LogP contribution in [0.3, 0.4) is 0 Å². The van der Waals surface area contributed by atoms with Gasteiger partial charge in [0.25, 0.3) is 0 Å². The van der Waals surface area contributed by atoms with Gasteiger partial charge in [0.1, 0.15) is 5.82 Å². The van der Waals surface area contributed by atoms with E-state index in [1.165, 1.54) is 0 Å². The molecule has 4 heteroatoms. The van der Waals surface area contributed by atoms with Crippen LogP contribution in [0.1, 0.15) is 25.6 Å². The van der Waals surface area contributed by atoms with E-state index in [-0.39, 0.29) is 6.61 Å². The van der Waals surface area contributed by atoms with E-state index in [2.05, 4.69) is 17.2 Å². The van der Waals surface area contributed by atoms with Gasteiger partial charge in [-0.15, -0.1) is 0 Å². The molecule has 0 fully saturated rings. The van der Waals surface area contributed by atoms with E-state index in [1.807, 2.05) is 24.0 Å². The summed E-state index contributed by atoms with van der Waals surface area (Å²) in [6.07, 6.45) is 5.74. The van der Waals surface area contributed by atoms with Gasteiger partial charge in [-0.2, -0.15) is 0 Å². The minimum Gasteiger partial charge on any atom is -0.396 e. The van der Waals surface area contributed by atoms with Gasteiger partial charge in [-0.05, 0) is 18.9 Å². The highest BCUT2D eigenvalue weighted by Crippen LogP contribution is 2.05. The van der Waals surface area contributed by atoms with Gasteiger partial charge in [-0.3, -0.25) is 0 Å². The largest absolute Gasteiger partial charge is 0.396 e. The second-order valence-electron chi connectivity index (χ2n) is 3.87. The number of hydrogen-bond acceptors (Lipinski definition) is 3. The van der Waals surface area contributed by atoms with Gasteiger partial charge >= 0.3 is 0 Å². The first-order valence-corrected chi connectivity index (χ1v) is 5.55. The molecule has 0 radical (unpaired) electrons. The van der Waals surface area contributed by atoms with Gasteiger partial charge in [0.05, 0.1) is 6.54 Å². The van der Waals surface area contributed by atoms with Crippen LogP contribution in [0, 0.1) is 5.92 Å². The molecule has 0 saturated carbocycles. The SMILES string of the molecule is CCC(CCO)CNCc1nccn1C. The normalized spacial score (nSPS) is 13.0. The van der Waals surface area contributed by atoms with Gasteiger partial charge in [0.15, 0.2) is 0 Å². The van der Waals surface area contributed by atoms with Gasteiger partial charge in [0, 0.05) is 26.0 Å². The van der Waals surface area contributed by atoms with E-state index in [9.17, 15) is 0 Å². The molecule has 4 nitrogen and oxygen atoms in total. The summed E-state index contributed by atoms with van der Waals surface area (Å²) in [5.41, 5.74) is 0. The molecule has 86 valence electrons. The Balaban J connectivity index is 2.23. The van der Waals surface area contributed by atoms with Crippen molar-refractivity contribution in [2.24, 2.45) is 13.0 Å². The lowest BCUT2D eigenvalue weighted by Crippen LogP contribution is -2.24. The molecule has 2 N–H and O–H groups in total. The number of aliphatic hydroxyl groups is 1. The molecule has 0 aromatic carbocycles. The van der Waals surface area contributed by atoms with E-state index < -0.39 is 0 Å². The first-order chi connectivity index (χ1) is 7.27. The molecular weight excluding hydrogens is 190 g/mol. The molecule has 0 saturated heterocycles. The smallest absolute Gasteiger partial charge is 0.122 e. The predicted molar refractivity (Wildman–Crippen MR) is 60.4 cm³/mol. The lowest BCUT2D eigenvalue weighted by molar-refractivity contribution is 0.251. The Labute approximate surface area is 91.3 Å². The Morgan fingerprint density at radius 2 is 2.40 bits per heavy atom. The second kappa shape index (κ2) is 6.58. The zero-order valence-electron chi connectivity index (χ0n) is 9.61. The van der Waals surface area contributed by atoms with E-state index in [0.717, 1.165) is 31.8 Å². The Bertz CT molecular complexity index is 273. The van der Waals surface area contributed by atoms with Crippen LogP contribution in [0.15, 0.2) is 12.4 Å². The Hall–Kier alpha value is -0.870. The van der Waals surface area contributed by atoms with Crippen molar-refractivity contribution in [3.63, 3.8) is 0 Å². The third kappa shape index (κ3) is 4.01. The standard InChI is InChI=1S/C11H21N3O/c1-3-10(4-7-15)8-12-9-11-13-5-6-14(11)2/h5-6,10,12,15H,3-4,7-9H2,1-2H3. The van der Waals surface area contributed by atoms with Crippen molar-refractivity contribution in [3.8, 4) is 0 Å². The molecule has 1 aromatic rings. The van der Waals surface area contributed by atoms with Gasteiger partial charge in [-0.1, -0.05) is 13.3 Å². The maximum Gasteiger partial charge on any atom is 0.122 e. The molecular formula is C11H21N3O. The fourth-order valence-electron chi connectivity index (χ4n) is 1.59. The molecule has 0 bridgehead atoms. The highest BCUT2D eigenvalue weighted by molar-refractivity contribution is 4.90. The summed E-state index contributed by atoms with van der Waals surface area (Å²) >= 11 is 0. The fraction of sp³-hybridized carbons (Fsp3) is 0.727. The number of aromatic nitrogens is 2. The average Bonchev–Trinajstić information content (AvgIpc) is 2.63. The first-order valence-electron chi connectivity index (χ1n) is 5.55. The molecule has 0 aliphatic carbocycles. The molecule has 1 aromatic heterocycles. The highest BCUT2D eigenvalue weighted by atomic mass is 16.3. The molecule has 0 spiro atoms. The zero-order valence-corrected chi connectivity index (χ0v) is 9.61. The summed E-state index contributed by atoms with van der Waals surface area (Å²) in [6, 6.07) is 0. The lowest BCUT2D eigenvalue weighted by Gasteiger charge is -2.14. The summed E-state index contributed by atoms with van der Waals surface area (Å²) < 4.78 is 2.01. The Kier molecular flexibility index (Phi) is 5.36. The van der Waals surface area contributed by atoms with Crippen molar-refractivity contribution in [1.82, 2.24) is 14.9 Å². The summed E-state index contributed by atoms with van der Waals surface area (Å²) in [4.78, 5) is 4.24. The minimum absolute atomic E-state index is 0.280. The van der Waals surface area contributed by atoms with Crippen LogP contribution in [-0.4, -0.2) is 27.8 Å². The molecule has 0 amide bonds. The summed E-state index contributed by atoms with van der Waals surface area (Å²) in [5, 5.41) is 12.2. The van der Waals surface area contributed by atoms with Crippen LogP contribution in [0.25, 0.3) is 0 Å². The molecule has 1 heterocycles. The third-order valence-electron chi connectivity index (χ3n) is 2.75. The van der Waals surface area contributed by atoms with Crippen LogP contribution >= 0.6 is 0 Å². The zero-order chi connectivity index (χ0) is 11.1. The van der Waals surface area contributed by atoms with Crippen LogP contribution < -0.4 is 5.32 Å². The number of hydrogen-bond donors (Lipinski definition) is 2. The van der Waals surface area contributed by atoms with E-state index in [0.29, 0.717) is 5.92 Å². The van der Waals surface area contributed by atoms with E-state index >= 15 is 0 Å². The number of rotatable bonds is 7. The maximum absolute atomic E-state index is 8.85. The van der Waals surface area contributed by atoms with Crippen LogP contribution in [0.4, 0.5) is 0 Å². The van der Waals surface area contributed by atoms with Crippen molar-refractivity contribution in [2.45, 2.75) is 26.3 Å². The van der Waals surface area contributed by atoms with Crippen molar-refractivity contribution in [3.05, 3.63) is 18.2 Å². The third-order valence-corrected chi connectivity index (χ3v) is 2.75. The molecule has 1 atom stereocenters. The van der Waals surface area contributed by atoms with Crippen LogP contribution in [0.2, 0.25) is 0 Å². The summed E-state index contributed by atoms with van der Waals surface area (Å²) in [7, 11) is 2.00. The number of imidazole rings is 1. The topological polar surface area (TPSA) is 50.1 Å². The Morgan fingerprint density at radius 3 is 2.93 bits per heavy atom. The van der Waals surface area contributed by atoms with Gasteiger partial charge in [-0.25, -0.2) is 4.98 Å². The fourth-order valence-corrected chi connectivity index (χ4v) is 1.59. The minimum atomic E-state index is 0.280. The van der Waals surface area contributed by atoms with Gasteiger partial charge in [0.2, 0.25) is 0 Å². The van der Waals surface area contributed by atoms with E-state index in [4.69, 9.17) is 5.11 Å². The highest BCUT2D eigenvalue weighted by Gasteiger charge is 2.05. The van der Waals surface area contributed by atoms with Crippen LogP contribution in [-0.2, 0) is 13.6 Å². The molecule has 15 heavy (non-hydrogen) atoms. The molecule has 1 rings (SSSR count). The van der Waals surface area contributed by atoms with Crippen LogP contribution in [0.5, 0.6) is 0 Å². The molecule has 0 aliphatic rings. The van der Waals surface area contributed by atoms with E-state index in [1.54, 1.807) is 0 Å². The van der Waals surface area contributed by atoms with Crippen molar-refractivity contribution in [1.29, 1.82) is 0 Å². The second-order valence-corrected chi connectivity index (χ2v) is 3.87. The lowest BCUT2D eigenvalue weighted by atomic mass is 10.0.